The number of hydrogen-bond acceptors (Lipinski definition) is 3. The summed E-state index contributed by atoms with van der Waals surface area (Å²) in [6.45, 7) is 1.81. The van der Waals surface area contributed by atoms with Crippen LogP contribution in [0.2, 0.25) is 5.02 Å². The number of amides is 2. The second kappa shape index (κ2) is 6.22. The molecule has 0 fully saturated rings. The van der Waals surface area contributed by atoms with Crippen LogP contribution in [0.25, 0.3) is 0 Å². The zero-order valence-corrected chi connectivity index (χ0v) is 13.6. The average molecular weight is 351 g/mol. The number of nitrogens with one attached hydrogen (secondary N) is 2. The first-order valence-corrected chi connectivity index (χ1v) is 8.08. The van der Waals surface area contributed by atoms with Gasteiger partial charge < -0.3 is 10.6 Å². The molecule has 0 bridgehead atoms. The van der Waals surface area contributed by atoms with E-state index in [0.29, 0.717) is 11.3 Å². The van der Waals surface area contributed by atoms with E-state index in [4.69, 9.17) is 11.6 Å². The van der Waals surface area contributed by atoms with Crippen LogP contribution in [-0.4, -0.2) is 17.1 Å². The first kappa shape index (κ1) is 15.8. The quantitative estimate of drug-likeness (QED) is 0.854. The smallest absolute Gasteiger partial charge is 0.255 e. The SMILES string of the molecule is C[C@H]1Sc2ccc(C(=O)Nc3ccc(Cl)cc3F)cc2NC1=O. The minimum absolute atomic E-state index is 0.0455. The van der Waals surface area contributed by atoms with Gasteiger partial charge in [-0.25, -0.2) is 4.39 Å². The van der Waals surface area contributed by atoms with Crippen molar-refractivity contribution in [3.63, 3.8) is 0 Å². The molecule has 1 atom stereocenters. The zero-order valence-electron chi connectivity index (χ0n) is 12.0. The lowest BCUT2D eigenvalue weighted by molar-refractivity contribution is -0.115. The molecule has 0 aromatic heterocycles. The van der Waals surface area contributed by atoms with E-state index >= 15 is 0 Å². The highest BCUT2D eigenvalue weighted by atomic mass is 35.5. The molecule has 2 aromatic rings. The average Bonchev–Trinajstić information content (AvgIpc) is 2.50. The van der Waals surface area contributed by atoms with E-state index < -0.39 is 11.7 Å². The highest BCUT2D eigenvalue weighted by molar-refractivity contribution is 8.00. The van der Waals surface area contributed by atoms with Crippen LogP contribution < -0.4 is 10.6 Å². The molecular weight excluding hydrogens is 339 g/mol. The van der Waals surface area contributed by atoms with E-state index in [1.54, 1.807) is 18.2 Å². The first-order valence-electron chi connectivity index (χ1n) is 6.82. The van der Waals surface area contributed by atoms with Crippen molar-refractivity contribution in [1.82, 2.24) is 0 Å². The third-order valence-electron chi connectivity index (χ3n) is 3.35. The lowest BCUT2D eigenvalue weighted by Gasteiger charge is -2.21. The monoisotopic (exact) mass is 350 g/mol. The normalized spacial score (nSPS) is 16.5. The topological polar surface area (TPSA) is 58.2 Å². The van der Waals surface area contributed by atoms with Crippen molar-refractivity contribution in [3.8, 4) is 0 Å². The molecule has 1 heterocycles. The number of carbonyl (C=O) groups is 2. The maximum atomic E-state index is 13.7. The predicted octanol–water partition coefficient (Wildman–Crippen LogP) is 4.16. The Morgan fingerprint density at radius 1 is 1.30 bits per heavy atom. The van der Waals surface area contributed by atoms with E-state index in [1.807, 2.05) is 6.92 Å². The minimum atomic E-state index is -0.610. The predicted molar refractivity (Wildman–Crippen MR) is 89.8 cm³/mol. The highest BCUT2D eigenvalue weighted by Gasteiger charge is 2.23. The van der Waals surface area contributed by atoms with Gasteiger partial charge in [-0.2, -0.15) is 0 Å². The lowest BCUT2D eigenvalue weighted by atomic mass is 10.1. The molecule has 0 radical (unpaired) electrons. The Balaban J connectivity index is 1.83. The fraction of sp³-hybridized carbons (Fsp3) is 0.125. The van der Waals surface area contributed by atoms with Crippen LogP contribution in [0.1, 0.15) is 17.3 Å². The number of anilines is 2. The molecule has 0 saturated heterocycles. The summed E-state index contributed by atoms with van der Waals surface area (Å²) in [6.07, 6.45) is 0. The first-order chi connectivity index (χ1) is 10.9. The van der Waals surface area contributed by atoms with Gasteiger partial charge in [0.1, 0.15) is 5.82 Å². The van der Waals surface area contributed by atoms with Gasteiger partial charge in [0.25, 0.3) is 5.91 Å². The standard InChI is InChI=1S/C16H12ClFN2O2S/c1-8-15(21)20-13-6-9(2-5-14(13)23-8)16(22)19-12-4-3-10(17)7-11(12)18/h2-8H,1H3,(H,19,22)(H,20,21)/t8-/m1/s1. The summed E-state index contributed by atoms with van der Waals surface area (Å²) in [4.78, 5) is 24.9. The molecule has 4 nitrogen and oxygen atoms in total. The number of hydrogen-bond donors (Lipinski definition) is 2. The Kier molecular flexibility index (Phi) is 4.28. The third kappa shape index (κ3) is 3.33. The fourth-order valence-electron chi connectivity index (χ4n) is 2.14. The maximum absolute atomic E-state index is 13.7. The highest BCUT2D eigenvalue weighted by Crippen LogP contribution is 2.36. The third-order valence-corrected chi connectivity index (χ3v) is 4.76. The summed E-state index contributed by atoms with van der Waals surface area (Å²) in [5.74, 6) is -1.18. The van der Waals surface area contributed by atoms with Gasteiger partial charge in [0.15, 0.2) is 0 Å². The summed E-state index contributed by atoms with van der Waals surface area (Å²) in [7, 11) is 0. The number of carbonyl (C=O) groups excluding carboxylic acids is 2. The Morgan fingerprint density at radius 2 is 2.09 bits per heavy atom. The van der Waals surface area contributed by atoms with Crippen LogP contribution in [0.15, 0.2) is 41.3 Å². The molecule has 0 saturated carbocycles. The van der Waals surface area contributed by atoms with Crippen LogP contribution in [0, 0.1) is 5.82 Å². The number of fused-ring (bicyclic) bond motifs is 1. The molecule has 2 N–H and O–H groups in total. The summed E-state index contributed by atoms with van der Waals surface area (Å²) < 4.78 is 13.7. The number of halogens is 2. The van der Waals surface area contributed by atoms with E-state index in [0.717, 1.165) is 11.0 Å². The van der Waals surface area contributed by atoms with E-state index in [1.165, 1.54) is 23.9 Å². The second-order valence-electron chi connectivity index (χ2n) is 5.04. The molecule has 1 aliphatic heterocycles. The summed E-state index contributed by atoms with van der Waals surface area (Å²) in [6, 6.07) is 9.00. The van der Waals surface area contributed by atoms with Crippen LogP contribution in [0.5, 0.6) is 0 Å². The van der Waals surface area contributed by atoms with Gasteiger partial charge in [0.2, 0.25) is 5.91 Å². The largest absolute Gasteiger partial charge is 0.324 e. The van der Waals surface area contributed by atoms with E-state index in [2.05, 4.69) is 10.6 Å². The van der Waals surface area contributed by atoms with Crippen molar-refractivity contribution in [2.24, 2.45) is 0 Å². The van der Waals surface area contributed by atoms with Gasteiger partial charge >= 0.3 is 0 Å². The number of thioether (sulfide) groups is 1. The maximum Gasteiger partial charge on any atom is 0.255 e. The van der Waals surface area contributed by atoms with Crippen LogP contribution in [0.4, 0.5) is 15.8 Å². The van der Waals surface area contributed by atoms with Gasteiger partial charge in [0, 0.05) is 15.5 Å². The minimum Gasteiger partial charge on any atom is -0.324 e. The molecule has 23 heavy (non-hydrogen) atoms. The Labute approximate surface area is 141 Å². The Bertz CT molecular complexity index is 813. The van der Waals surface area contributed by atoms with Gasteiger partial charge in [0.05, 0.1) is 16.6 Å². The van der Waals surface area contributed by atoms with E-state index in [9.17, 15) is 14.0 Å². The van der Waals surface area contributed by atoms with Gasteiger partial charge in [-0.05, 0) is 43.3 Å². The van der Waals surface area contributed by atoms with Crippen molar-refractivity contribution < 1.29 is 14.0 Å². The molecule has 2 amide bonds. The second-order valence-corrected chi connectivity index (χ2v) is 6.86. The zero-order chi connectivity index (χ0) is 16.6. The Morgan fingerprint density at radius 3 is 2.83 bits per heavy atom. The van der Waals surface area contributed by atoms with Crippen molar-refractivity contribution in [3.05, 3.63) is 52.8 Å². The van der Waals surface area contributed by atoms with Crippen molar-refractivity contribution >= 4 is 46.6 Å². The van der Waals surface area contributed by atoms with Crippen LogP contribution in [-0.2, 0) is 4.79 Å². The van der Waals surface area contributed by atoms with Crippen molar-refractivity contribution in [1.29, 1.82) is 0 Å². The fourth-order valence-corrected chi connectivity index (χ4v) is 3.22. The van der Waals surface area contributed by atoms with Crippen molar-refractivity contribution in [2.75, 3.05) is 10.6 Å². The molecule has 7 heteroatoms. The number of benzene rings is 2. The summed E-state index contributed by atoms with van der Waals surface area (Å²) in [5.41, 5.74) is 0.958. The summed E-state index contributed by atoms with van der Waals surface area (Å²) in [5, 5.41) is 5.32. The summed E-state index contributed by atoms with van der Waals surface area (Å²) >= 11 is 7.11. The van der Waals surface area contributed by atoms with Crippen LogP contribution >= 0.6 is 23.4 Å². The van der Waals surface area contributed by atoms with E-state index in [-0.39, 0.29) is 21.9 Å². The molecular formula is C16H12ClFN2O2S. The van der Waals surface area contributed by atoms with Gasteiger partial charge in [-0.1, -0.05) is 11.6 Å². The molecule has 1 aliphatic rings. The van der Waals surface area contributed by atoms with Crippen LogP contribution in [0.3, 0.4) is 0 Å². The molecule has 118 valence electrons. The number of rotatable bonds is 2. The van der Waals surface area contributed by atoms with Gasteiger partial charge in [-0.3, -0.25) is 9.59 Å². The van der Waals surface area contributed by atoms with Gasteiger partial charge in [-0.15, -0.1) is 11.8 Å². The molecule has 0 aliphatic carbocycles. The molecule has 3 rings (SSSR count). The van der Waals surface area contributed by atoms with Crippen molar-refractivity contribution in [2.45, 2.75) is 17.1 Å². The molecule has 0 unspecified atom stereocenters. The molecule has 0 spiro atoms. The molecule has 2 aromatic carbocycles. The lowest BCUT2D eigenvalue weighted by Crippen LogP contribution is -2.26. The Hall–Kier alpha value is -2.05.